The molecule has 2 aliphatic rings. The van der Waals surface area contributed by atoms with Gasteiger partial charge in [0.1, 0.15) is 0 Å². The summed E-state index contributed by atoms with van der Waals surface area (Å²) in [6.07, 6.45) is 4.87. The highest BCUT2D eigenvalue weighted by Crippen LogP contribution is 2.43. The molecule has 4 aromatic rings. The minimum Gasteiger partial charge on any atom is -0.493 e. The van der Waals surface area contributed by atoms with Gasteiger partial charge in [0.25, 0.3) is 5.91 Å². The van der Waals surface area contributed by atoms with Crippen LogP contribution in [0.25, 0.3) is 5.57 Å². The summed E-state index contributed by atoms with van der Waals surface area (Å²) in [5, 5.41) is 16.7. The Balaban J connectivity index is 0.000000677. The number of benzene rings is 4. The Bertz CT molecular complexity index is 1980. The zero-order valence-corrected chi connectivity index (χ0v) is 33.2. The zero-order chi connectivity index (χ0) is 40.2. The fourth-order valence-electron chi connectivity index (χ4n) is 7.44. The van der Waals surface area contributed by atoms with E-state index in [9.17, 15) is 14.4 Å². The topological polar surface area (TPSA) is 126 Å². The van der Waals surface area contributed by atoms with Gasteiger partial charge in [-0.1, -0.05) is 95.5 Å². The lowest BCUT2D eigenvalue weighted by atomic mass is 9.76. The number of rotatable bonds is 12. The van der Waals surface area contributed by atoms with Crippen LogP contribution in [-0.4, -0.2) is 91.9 Å². The maximum Gasteiger partial charge on any atom is 0.328 e. The maximum absolute atomic E-state index is 14.0. The van der Waals surface area contributed by atoms with Crippen LogP contribution >= 0.6 is 23.2 Å². The molecule has 294 valence electrons. The van der Waals surface area contributed by atoms with Gasteiger partial charge in [-0.15, -0.1) is 0 Å². The average Bonchev–Trinajstić information content (AvgIpc) is 3.66. The summed E-state index contributed by atoms with van der Waals surface area (Å²) in [6.45, 7) is 4.10. The Morgan fingerprint density at radius 3 is 1.75 bits per heavy atom. The van der Waals surface area contributed by atoms with E-state index in [-0.39, 0.29) is 11.3 Å². The van der Waals surface area contributed by atoms with Crippen LogP contribution in [-0.2, 0) is 15.0 Å². The molecular formula is C44H46Cl2N2O8. The molecule has 2 aliphatic heterocycles. The van der Waals surface area contributed by atoms with Gasteiger partial charge in [-0.2, -0.15) is 0 Å². The summed E-state index contributed by atoms with van der Waals surface area (Å²) < 4.78 is 16.5. The summed E-state index contributed by atoms with van der Waals surface area (Å²) in [7, 11) is 4.67. The Morgan fingerprint density at radius 1 is 0.714 bits per heavy atom. The molecule has 6 rings (SSSR count). The molecule has 2 fully saturated rings. The van der Waals surface area contributed by atoms with Gasteiger partial charge in [-0.3, -0.25) is 4.79 Å². The molecule has 0 aromatic heterocycles. The van der Waals surface area contributed by atoms with Gasteiger partial charge in [0.05, 0.1) is 31.4 Å². The van der Waals surface area contributed by atoms with Crippen molar-refractivity contribution >= 4 is 46.6 Å². The van der Waals surface area contributed by atoms with E-state index in [1.54, 1.807) is 33.5 Å². The van der Waals surface area contributed by atoms with Gasteiger partial charge in [0.2, 0.25) is 5.75 Å². The first-order valence-electron chi connectivity index (χ1n) is 18.2. The number of hydrogen-bond donors (Lipinski definition) is 2. The Hall–Kier alpha value is -5.29. The zero-order valence-electron chi connectivity index (χ0n) is 31.7. The highest BCUT2D eigenvalue weighted by molar-refractivity contribution is 6.42. The van der Waals surface area contributed by atoms with Crippen molar-refractivity contribution in [1.29, 1.82) is 0 Å². The number of piperidine rings is 1. The molecule has 0 saturated carbocycles. The number of ether oxygens (including phenoxy) is 3. The Morgan fingerprint density at radius 2 is 1.27 bits per heavy atom. The molecule has 2 heterocycles. The number of likely N-dealkylation sites (tertiary alicyclic amines) is 2. The first-order chi connectivity index (χ1) is 27.0. The van der Waals surface area contributed by atoms with Crippen LogP contribution in [0.5, 0.6) is 17.2 Å². The average molecular weight is 802 g/mol. The second-order valence-electron chi connectivity index (χ2n) is 13.6. The van der Waals surface area contributed by atoms with E-state index >= 15 is 0 Å². The molecule has 4 aromatic carbocycles. The van der Waals surface area contributed by atoms with E-state index in [0.717, 1.165) is 50.9 Å². The molecule has 2 N–H and O–H groups in total. The maximum atomic E-state index is 14.0. The Kier molecular flexibility index (Phi) is 14.6. The van der Waals surface area contributed by atoms with Crippen molar-refractivity contribution in [3.63, 3.8) is 0 Å². The fraction of sp³-hybridized carbons (Fsp3) is 0.295. The number of carbonyl (C=O) groups excluding carboxylic acids is 1. The van der Waals surface area contributed by atoms with Gasteiger partial charge in [-0.25, -0.2) is 9.59 Å². The first kappa shape index (κ1) is 41.9. The van der Waals surface area contributed by atoms with E-state index in [1.807, 2.05) is 17.0 Å². The number of carboxylic acid groups (broad SMARTS) is 2. The van der Waals surface area contributed by atoms with E-state index in [4.69, 9.17) is 47.6 Å². The smallest absolute Gasteiger partial charge is 0.328 e. The standard InChI is InChI=1S/C40H42Cl2N2O4.C4H4O4/c1-46-35-24-31(25-36(47-2)38(35)48-3)39(45)44-23-19-40(27-44,32-14-15-33(41)34(42)26-32)18-22-43-20-16-30(17-21-43)37(28-10-6-4-7-11-28)29-12-8-5-9-13-29;5-3(6)1-2-4(7)8/h4-15,24-26H,16-23,27H2,1-3H3;1-2H,(H,5,6)(H,7,8). The second kappa shape index (κ2) is 19.5. The molecule has 1 amide bonds. The largest absolute Gasteiger partial charge is 0.493 e. The molecule has 0 bridgehead atoms. The Labute approximate surface area is 337 Å². The molecule has 12 heteroatoms. The van der Waals surface area contributed by atoms with E-state index in [2.05, 4.69) is 71.6 Å². The summed E-state index contributed by atoms with van der Waals surface area (Å²) in [5.41, 5.74) is 6.76. The van der Waals surface area contributed by atoms with Crippen LogP contribution in [0, 0.1) is 0 Å². The van der Waals surface area contributed by atoms with Crippen molar-refractivity contribution in [2.45, 2.75) is 31.1 Å². The van der Waals surface area contributed by atoms with Crippen LogP contribution in [0.4, 0.5) is 0 Å². The van der Waals surface area contributed by atoms with Crippen molar-refractivity contribution < 1.29 is 38.8 Å². The lowest BCUT2D eigenvalue weighted by molar-refractivity contribution is -0.134. The van der Waals surface area contributed by atoms with Crippen LogP contribution in [0.3, 0.4) is 0 Å². The number of amides is 1. The van der Waals surface area contributed by atoms with Crippen molar-refractivity contribution in [3.8, 4) is 17.2 Å². The van der Waals surface area contributed by atoms with Gasteiger partial charge in [0, 0.05) is 49.3 Å². The number of methoxy groups -OCH3 is 3. The minimum absolute atomic E-state index is 0.0710. The molecule has 0 aliphatic carbocycles. The predicted molar refractivity (Wildman–Crippen MR) is 218 cm³/mol. The molecule has 0 radical (unpaired) electrons. The molecule has 1 atom stereocenters. The van der Waals surface area contributed by atoms with Crippen LogP contribution in [0.2, 0.25) is 10.0 Å². The van der Waals surface area contributed by atoms with Gasteiger partial charge < -0.3 is 34.2 Å². The fourth-order valence-corrected chi connectivity index (χ4v) is 7.74. The van der Waals surface area contributed by atoms with Crippen molar-refractivity contribution in [2.75, 3.05) is 54.1 Å². The van der Waals surface area contributed by atoms with Crippen LogP contribution in [0.15, 0.2) is 109 Å². The molecule has 10 nitrogen and oxygen atoms in total. The van der Waals surface area contributed by atoms with Gasteiger partial charge in [-0.05, 0) is 78.8 Å². The van der Waals surface area contributed by atoms with Gasteiger partial charge in [0.15, 0.2) is 11.5 Å². The number of hydrogen-bond acceptors (Lipinski definition) is 7. The summed E-state index contributed by atoms with van der Waals surface area (Å²) in [6, 6.07) is 30.9. The minimum atomic E-state index is -1.26. The highest BCUT2D eigenvalue weighted by Gasteiger charge is 2.42. The number of nitrogens with zero attached hydrogens (tertiary/aromatic N) is 2. The normalized spacial score (nSPS) is 16.9. The summed E-state index contributed by atoms with van der Waals surface area (Å²) in [5.74, 6) is -1.21. The number of halogens is 2. The third kappa shape index (κ3) is 10.3. The second-order valence-corrected chi connectivity index (χ2v) is 14.4. The van der Waals surface area contributed by atoms with Crippen LogP contribution in [0.1, 0.15) is 52.7 Å². The molecule has 1 unspecified atom stereocenters. The molecule has 0 spiro atoms. The highest BCUT2D eigenvalue weighted by atomic mass is 35.5. The van der Waals surface area contributed by atoms with Gasteiger partial charge >= 0.3 is 11.9 Å². The van der Waals surface area contributed by atoms with E-state index in [0.29, 0.717) is 58.1 Å². The van der Waals surface area contributed by atoms with Crippen molar-refractivity contribution in [1.82, 2.24) is 9.80 Å². The third-order valence-corrected chi connectivity index (χ3v) is 11.0. The van der Waals surface area contributed by atoms with Crippen molar-refractivity contribution in [3.05, 3.63) is 141 Å². The molecule has 56 heavy (non-hydrogen) atoms. The monoisotopic (exact) mass is 800 g/mol. The number of aliphatic carboxylic acids is 2. The lowest BCUT2D eigenvalue weighted by Crippen LogP contribution is -2.39. The van der Waals surface area contributed by atoms with Crippen LogP contribution < -0.4 is 14.2 Å². The quantitative estimate of drug-likeness (QED) is 0.136. The first-order valence-corrected chi connectivity index (χ1v) is 19.0. The SMILES string of the molecule is COc1cc(C(=O)N2CCC(CCN3CCC(=C(c4ccccc4)c4ccccc4)CC3)(c3ccc(Cl)c(Cl)c3)C2)cc(OC)c1OC.O=C(O)C=CC(=O)O. The molecule has 2 saturated heterocycles. The predicted octanol–water partition coefficient (Wildman–Crippen LogP) is 8.50. The summed E-state index contributed by atoms with van der Waals surface area (Å²) in [4.78, 5) is 37.6. The molecular weight excluding hydrogens is 755 g/mol. The van der Waals surface area contributed by atoms with E-state index in [1.165, 1.54) is 22.3 Å². The number of carboxylic acids is 2. The third-order valence-electron chi connectivity index (χ3n) is 10.3. The van der Waals surface area contributed by atoms with Crippen molar-refractivity contribution in [2.24, 2.45) is 0 Å². The van der Waals surface area contributed by atoms with E-state index < -0.39 is 11.9 Å². The summed E-state index contributed by atoms with van der Waals surface area (Å²) >= 11 is 12.9. The number of carbonyl (C=O) groups is 3. The lowest BCUT2D eigenvalue weighted by Gasteiger charge is -2.35.